The van der Waals surface area contributed by atoms with Crippen LogP contribution in [-0.4, -0.2) is 25.9 Å². The van der Waals surface area contributed by atoms with E-state index in [4.69, 9.17) is 11.6 Å². The molecular weight excluding hydrogens is 479 g/mol. The van der Waals surface area contributed by atoms with Gasteiger partial charge in [0.15, 0.2) is 11.5 Å². The summed E-state index contributed by atoms with van der Waals surface area (Å²) in [4.78, 5) is 22.3. The molecule has 0 radical (unpaired) electrons. The predicted molar refractivity (Wildman–Crippen MR) is 142 cm³/mol. The van der Waals surface area contributed by atoms with Crippen molar-refractivity contribution >= 4 is 34.3 Å². The lowest BCUT2D eigenvalue weighted by molar-refractivity contribution is 0.507. The van der Waals surface area contributed by atoms with E-state index in [1.807, 2.05) is 26.8 Å². The molecule has 0 amide bonds. The molecule has 1 aliphatic rings. The summed E-state index contributed by atoms with van der Waals surface area (Å²) in [6, 6.07) is 9.36. The topological polar surface area (TPSA) is 76.8 Å². The quantitative estimate of drug-likeness (QED) is 0.362. The molecule has 7 nitrogen and oxygen atoms in total. The van der Waals surface area contributed by atoms with E-state index in [0.29, 0.717) is 22.2 Å². The predicted octanol–water partition coefficient (Wildman–Crippen LogP) is 5.25. The molecule has 2 aromatic carbocycles. The summed E-state index contributed by atoms with van der Waals surface area (Å²) in [5, 5.41) is 7.22. The van der Waals surface area contributed by atoms with Gasteiger partial charge in [0.05, 0.1) is 6.54 Å². The van der Waals surface area contributed by atoms with Crippen LogP contribution >= 0.6 is 11.6 Å². The number of nitrogens with one attached hydrogen (secondary N) is 2. The summed E-state index contributed by atoms with van der Waals surface area (Å²) in [6.07, 6.45) is 4.01. The van der Waals surface area contributed by atoms with Crippen molar-refractivity contribution in [1.29, 1.82) is 0 Å². The summed E-state index contributed by atoms with van der Waals surface area (Å²) in [5.41, 5.74) is 3.36. The van der Waals surface area contributed by atoms with Crippen LogP contribution in [0.3, 0.4) is 0 Å². The fourth-order valence-corrected chi connectivity index (χ4v) is 5.13. The minimum absolute atomic E-state index is 0.170. The number of hydrogen-bond donors (Lipinski definition) is 2. The Labute approximate surface area is 213 Å². The van der Waals surface area contributed by atoms with Crippen molar-refractivity contribution in [2.45, 2.75) is 45.7 Å². The molecule has 0 unspecified atom stereocenters. The van der Waals surface area contributed by atoms with Crippen molar-refractivity contribution in [2.24, 2.45) is 0 Å². The molecule has 2 aromatic heterocycles. The number of nitrogens with zero attached hydrogens (tertiary/aromatic N) is 4. The Kier molecular flexibility index (Phi) is 6.18. The van der Waals surface area contributed by atoms with E-state index in [0.717, 1.165) is 25.2 Å². The number of fused-ring (bicyclic) bond motifs is 2. The Morgan fingerprint density at radius 2 is 2.06 bits per heavy atom. The van der Waals surface area contributed by atoms with Gasteiger partial charge < -0.3 is 10.6 Å². The molecular formula is C27H28ClFN6O. The van der Waals surface area contributed by atoms with Gasteiger partial charge in [0.2, 0.25) is 5.95 Å². The Bertz CT molecular complexity index is 1550. The molecule has 0 saturated heterocycles. The first kappa shape index (κ1) is 24.2. The van der Waals surface area contributed by atoms with Crippen molar-refractivity contribution in [3.8, 4) is 5.69 Å². The normalized spacial score (nSPS) is 13.6. The van der Waals surface area contributed by atoms with Gasteiger partial charge >= 0.3 is 0 Å². The van der Waals surface area contributed by atoms with Gasteiger partial charge in [-0.2, -0.15) is 4.98 Å². The van der Waals surface area contributed by atoms with E-state index in [1.54, 1.807) is 18.2 Å². The Balaban J connectivity index is 1.67. The van der Waals surface area contributed by atoms with Gasteiger partial charge in [-0.15, -0.1) is 6.58 Å². The number of hydrogen-bond acceptors (Lipinski definition) is 5. The number of anilines is 2. The van der Waals surface area contributed by atoms with Gasteiger partial charge in [-0.1, -0.05) is 44.5 Å². The van der Waals surface area contributed by atoms with E-state index < -0.39 is 11.2 Å². The number of aromatic nitrogens is 4. The van der Waals surface area contributed by atoms with Crippen molar-refractivity contribution in [1.82, 2.24) is 24.6 Å². The third-order valence-corrected chi connectivity index (χ3v) is 6.69. The van der Waals surface area contributed by atoms with Gasteiger partial charge in [-0.25, -0.2) is 18.7 Å². The minimum atomic E-state index is -0.548. The molecule has 9 heteroatoms. The maximum absolute atomic E-state index is 16.0. The number of allylic oxidation sites excluding steroid dienone is 1. The molecule has 0 fully saturated rings. The van der Waals surface area contributed by atoms with Gasteiger partial charge in [0.25, 0.3) is 5.56 Å². The molecule has 5 rings (SSSR count). The summed E-state index contributed by atoms with van der Waals surface area (Å²) in [7, 11) is 0. The minimum Gasteiger partial charge on any atom is -0.324 e. The van der Waals surface area contributed by atoms with Gasteiger partial charge in [-0.3, -0.25) is 4.79 Å². The first-order valence-electron chi connectivity index (χ1n) is 11.9. The smallest absolute Gasteiger partial charge is 0.278 e. The van der Waals surface area contributed by atoms with Gasteiger partial charge in [-0.05, 0) is 53.8 Å². The molecule has 0 bridgehead atoms. The van der Waals surface area contributed by atoms with Crippen molar-refractivity contribution in [3.05, 3.63) is 87.1 Å². The zero-order valence-electron chi connectivity index (χ0n) is 20.5. The molecule has 0 saturated carbocycles. The monoisotopic (exact) mass is 506 g/mol. The Morgan fingerprint density at radius 1 is 1.25 bits per heavy atom. The third-order valence-electron chi connectivity index (χ3n) is 6.38. The lowest BCUT2D eigenvalue weighted by Gasteiger charge is -2.23. The van der Waals surface area contributed by atoms with Crippen LogP contribution in [0.5, 0.6) is 0 Å². The number of benzene rings is 2. The van der Waals surface area contributed by atoms with E-state index in [2.05, 4.69) is 39.3 Å². The highest BCUT2D eigenvalue weighted by Crippen LogP contribution is 2.35. The second kappa shape index (κ2) is 9.19. The Morgan fingerprint density at radius 3 is 2.81 bits per heavy atom. The molecule has 36 heavy (non-hydrogen) atoms. The van der Waals surface area contributed by atoms with Gasteiger partial charge in [0.1, 0.15) is 11.1 Å². The SMILES string of the molecule is C=CCn1c(=O)c2cnc(Nc3ccc4c(c3)CCNC4)nc2n1-c1ccc(Cl)c(C(C)(C)C)c1F. The second-order valence-electron chi connectivity index (χ2n) is 9.96. The third kappa shape index (κ3) is 4.20. The van der Waals surface area contributed by atoms with Crippen LogP contribution in [0.4, 0.5) is 16.0 Å². The zero-order chi connectivity index (χ0) is 25.6. The zero-order valence-corrected chi connectivity index (χ0v) is 21.3. The first-order chi connectivity index (χ1) is 17.2. The average Bonchev–Trinajstić information content (AvgIpc) is 3.09. The highest BCUT2D eigenvalue weighted by Gasteiger charge is 2.27. The largest absolute Gasteiger partial charge is 0.324 e. The lowest BCUT2D eigenvalue weighted by atomic mass is 9.86. The molecule has 0 aliphatic carbocycles. The van der Waals surface area contributed by atoms with Crippen molar-refractivity contribution < 1.29 is 4.39 Å². The lowest BCUT2D eigenvalue weighted by Crippen LogP contribution is -2.23. The van der Waals surface area contributed by atoms with Crippen LogP contribution in [0.1, 0.15) is 37.5 Å². The highest BCUT2D eigenvalue weighted by molar-refractivity contribution is 6.31. The standard InChI is InChI=1S/C27H28ClFN6O/c1-5-12-34-25(36)19-15-31-26(32-18-7-6-17-14-30-11-10-16(17)13-18)33-24(19)35(34)21-9-8-20(28)22(23(21)29)27(2,3)4/h5-9,13,15,30H,1,10-12,14H2,2-4H3,(H,31,32,33). The molecule has 4 aromatic rings. The van der Waals surface area contributed by atoms with Gasteiger partial charge in [0, 0.05) is 29.0 Å². The number of halogens is 2. The van der Waals surface area contributed by atoms with Crippen LogP contribution < -0.4 is 16.2 Å². The maximum Gasteiger partial charge on any atom is 0.278 e. The fourth-order valence-electron chi connectivity index (χ4n) is 4.70. The average molecular weight is 507 g/mol. The number of rotatable bonds is 5. The van der Waals surface area contributed by atoms with Crippen molar-refractivity contribution in [2.75, 3.05) is 11.9 Å². The summed E-state index contributed by atoms with van der Waals surface area (Å²) >= 11 is 6.39. The Hall–Kier alpha value is -3.49. The molecule has 186 valence electrons. The van der Waals surface area contributed by atoms with Crippen LogP contribution in [0, 0.1) is 5.82 Å². The summed E-state index contributed by atoms with van der Waals surface area (Å²) < 4.78 is 18.9. The van der Waals surface area contributed by atoms with Crippen molar-refractivity contribution in [3.63, 3.8) is 0 Å². The van der Waals surface area contributed by atoms with E-state index in [1.165, 1.54) is 26.7 Å². The second-order valence-corrected chi connectivity index (χ2v) is 10.4. The van der Waals surface area contributed by atoms with E-state index in [-0.39, 0.29) is 23.2 Å². The molecule has 0 atom stereocenters. The summed E-state index contributed by atoms with van der Waals surface area (Å²) in [6.45, 7) is 11.4. The first-order valence-corrected chi connectivity index (χ1v) is 12.2. The molecule has 1 aliphatic heterocycles. The fraction of sp³-hybridized carbons (Fsp3) is 0.296. The van der Waals surface area contributed by atoms with E-state index >= 15 is 4.39 Å². The van der Waals surface area contributed by atoms with Crippen LogP contribution in [0.2, 0.25) is 5.02 Å². The van der Waals surface area contributed by atoms with Crippen LogP contribution in [-0.2, 0) is 24.9 Å². The van der Waals surface area contributed by atoms with Crippen LogP contribution in [0.25, 0.3) is 16.7 Å². The highest BCUT2D eigenvalue weighted by atomic mass is 35.5. The molecule has 3 heterocycles. The summed E-state index contributed by atoms with van der Waals surface area (Å²) in [5.74, 6) is -0.188. The van der Waals surface area contributed by atoms with E-state index in [9.17, 15) is 4.79 Å². The molecule has 0 spiro atoms. The van der Waals surface area contributed by atoms with Crippen LogP contribution in [0.15, 0.2) is 54.0 Å². The molecule has 2 N–H and O–H groups in total. The maximum atomic E-state index is 16.0.